The number of carboxylic acid groups (broad SMARTS) is 1. The predicted octanol–water partition coefficient (Wildman–Crippen LogP) is 5.70. The van der Waals surface area contributed by atoms with Gasteiger partial charge >= 0.3 is 5.97 Å². The van der Waals surface area contributed by atoms with Crippen molar-refractivity contribution >= 4 is 17.7 Å². The van der Waals surface area contributed by atoms with Crippen LogP contribution in [0.4, 0.5) is 0 Å². The summed E-state index contributed by atoms with van der Waals surface area (Å²) in [6.45, 7) is 1.85. The molecule has 0 saturated carbocycles. The van der Waals surface area contributed by atoms with Crippen LogP contribution in [0.25, 0.3) is 0 Å². The number of benzene rings is 3. The Balaban J connectivity index is 2.30. The zero-order valence-electron chi connectivity index (χ0n) is 14.5. The Bertz CT molecular complexity index is 791. The van der Waals surface area contributed by atoms with E-state index in [-0.39, 0.29) is 0 Å². The van der Waals surface area contributed by atoms with Crippen LogP contribution in [0.1, 0.15) is 23.6 Å². The summed E-state index contributed by atoms with van der Waals surface area (Å²) in [5, 5.41) is 9.20. The molecule has 0 heterocycles. The molecule has 0 fully saturated rings. The van der Waals surface area contributed by atoms with E-state index in [9.17, 15) is 9.90 Å². The fourth-order valence-electron chi connectivity index (χ4n) is 3.14. The molecule has 130 valence electrons. The lowest BCUT2D eigenvalue weighted by Crippen LogP contribution is -2.25. The largest absolute Gasteiger partial charge is 0.478 e. The fourth-order valence-corrected chi connectivity index (χ4v) is 4.54. The quantitative estimate of drug-likeness (QED) is 0.452. The van der Waals surface area contributed by atoms with Crippen molar-refractivity contribution in [2.24, 2.45) is 0 Å². The highest BCUT2D eigenvalue weighted by Crippen LogP contribution is 2.51. The molecule has 1 N–H and O–H groups in total. The van der Waals surface area contributed by atoms with Gasteiger partial charge in [0, 0.05) is 6.08 Å². The third-order valence-electron chi connectivity index (χ3n) is 4.18. The van der Waals surface area contributed by atoms with Gasteiger partial charge in [0.15, 0.2) is 0 Å². The van der Waals surface area contributed by atoms with E-state index >= 15 is 0 Å². The third kappa shape index (κ3) is 3.73. The molecule has 0 aliphatic rings. The fraction of sp³-hybridized carbons (Fsp3) is 0.0870. The molecule has 0 aliphatic carbocycles. The molecular weight excluding hydrogens is 340 g/mol. The van der Waals surface area contributed by atoms with Crippen molar-refractivity contribution in [2.75, 3.05) is 0 Å². The standard InChI is InChI=1S/C23H20O2S/c1-18(17-22(24)25)26-23(19-11-5-2-6-12-19,20-13-7-3-8-14-20)21-15-9-4-10-16-21/h2-17H,1H3,(H,24,25). The van der Waals surface area contributed by atoms with Crippen LogP contribution in [0.5, 0.6) is 0 Å². The van der Waals surface area contributed by atoms with E-state index in [4.69, 9.17) is 0 Å². The molecule has 26 heavy (non-hydrogen) atoms. The lowest BCUT2D eigenvalue weighted by atomic mass is 9.84. The van der Waals surface area contributed by atoms with Crippen molar-refractivity contribution in [1.29, 1.82) is 0 Å². The zero-order chi connectivity index (χ0) is 18.4. The lowest BCUT2D eigenvalue weighted by Gasteiger charge is -2.35. The van der Waals surface area contributed by atoms with Crippen molar-refractivity contribution in [3.63, 3.8) is 0 Å². The molecule has 0 saturated heterocycles. The van der Waals surface area contributed by atoms with Crippen molar-refractivity contribution in [3.05, 3.63) is 119 Å². The Morgan fingerprint density at radius 1 is 0.769 bits per heavy atom. The molecule has 0 amide bonds. The molecule has 0 spiro atoms. The number of carboxylic acids is 1. The average molecular weight is 360 g/mol. The van der Waals surface area contributed by atoms with Crippen LogP contribution < -0.4 is 0 Å². The van der Waals surface area contributed by atoms with Gasteiger partial charge in [-0.2, -0.15) is 0 Å². The van der Waals surface area contributed by atoms with Crippen LogP contribution in [0.3, 0.4) is 0 Å². The SMILES string of the molecule is CC(=CC(=O)O)SC(c1ccccc1)(c1ccccc1)c1ccccc1. The van der Waals surface area contributed by atoms with Gasteiger partial charge in [-0.1, -0.05) is 91.0 Å². The van der Waals surface area contributed by atoms with Gasteiger partial charge in [-0.05, 0) is 28.5 Å². The second-order valence-electron chi connectivity index (χ2n) is 5.97. The molecule has 0 aromatic heterocycles. The van der Waals surface area contributed by atoms with E-state index < -0.39 is 10.7 Å². The van der Waals surface area contributed by atoms with Gasteiger partial charge in [0.05, 0.1) is 4.75 Å². The Labute approximate surface area is 158 Å². The molecule has 3 aromatic carbocycles. The third-order valence-corrected chi connectivity index (χ3v) is 5.63. The van der Waals surface area contributed by atoms with E-state index in [0.717, 1.165) is 21.6 Å². The van der Waals surface area contributed by atoms with E-state index in [0.29, 0.717) is 0 Å². The first-order valence-electron chi connectivity index (χ1n) is 8.40. The van der Waals surface area contributed by atoms with Crippen molar-refractivity contribution in [2.45, 2.75) is 11.7 Å². The first kappa shape index (κ1) is 18.0. The molecule has 2 nitrogen and oxygen atoms in total. The van der Waals surface area contributed by atoms with Gasteiger partial charge in [0.1, 0.15) is 0 Å². The first-order valence-corrected chi connectivity index (χ1v) is 9.21. The number of thioether (sulfide) groups is 1. The summed E-state index contributed by atoms with van der Waals surface area (Å²) < 4.78 is -0.528. The smallest absolute Gasteiger partial charge is 0.329 e. The summed E-state index contributed by atoms with van der Waals surface area (Å²) in [5.74, 6) is -0.932. The molecule has 0 atom stereocenters. The summed E-state index contributed by atoms with van der Waals surface area (Å²) in [5.41, 5.74) is 3.33. The minimum atomic E-state index is -0.932. The van der Waals surface area contributed by atoms with E-state index in [1.165, 1.54) is 6.08 Å². The average Bonchev–Trinajstić information content (AvgIpc) is 2.67. The first-order chi connectivity index (χ1) is 12.6. The van der Waals surface area contributed by atoms with E-state index in [2.05, 4.69) is 36.4 Å². The maximum absolute atomic E-state index is 11.2. The molecule has 3 aromatic rings. The maximum atomic E-state index is 11.2. The van der Waals surface area contributed by atoms with Gasteiger partial charge in [-0.15, -0.1) is 11.8 Å². The summed E-state index contributed by atoms with van der Waals surface area (Å²) in [7, 11) is 0. The van der Waals surface area contributed by atoms with Crippen LogP contribution in [0, 0.1) is 0 Å². The molecule has 0 radical (unpaired) electrons. The van der Waals surface area contributed by atoms with Crippen LogP contribution in [-0.4, -0.2) is 11.1 Å². The van der Waals surface area contributed by atoms with Crippen molar-refractivity contribution < 1.29 is 9.90 Å². The predicted molar refractivity (Wildman–Crippen MR) is 108 cm³/mol. The Kier molecular flexibility index (Phi) is 5.59. The monoisotopic (exact) mass is 360 g/mol. The summed E-state index contributed by atoms with van der Waals surface area (Å²) in [6.07, 6.45) is 1.27. The second-order valence-corrected chi connectivity index (χ2v) is 7.43. The van der Waals surface area contributed by atoms with Crippen molar-refractivity contribution in [1.82, 2.24) is 0 Å². The van der Waals surface area contributed by atoms with Crippen LogP contribution in [-0.2, 0) is 9.54 Å². The molecule has 0 unspecified atom stereocenters. The molecule has 3 heteroatoms. The number of carbonyl (C=O) groups is 1. The zero-order valence-corrected chi connectivity index (χ0v) is 15.3. The highest BCUT2D eigenvalue weighted by molar-refractivity contribution is 8.04. The van der Waals surface area contributed by atoms with Gasteiger partial charge in [-0.3, -0.25) is 0 Å². The van der Waals surface area contributed by atoms with Crippen LogP contribution in [0.2, 0.25) is 0 Å². The molecule has 0 bridgehead atoms. The van der Waals surface area contributed by atoms with E-state index in [1.54, 1.807) is 11.8 Å². The number of rotatable bonds is 6. The number of hydrogen-bond donors (Lipinski definition) is 1. The second kappa shape index (κ2) is 8.07. The van der Waals surface area contributed by atoms with Crippen LogP contribution >= 0.6 is 11.8 Å². The van der Waals surface area contributed by atoms with E-state index in [1.807, 2.05) is 61.5 Å². The highest BCUT2D eigenvalue weighted by atomic mass is 32.2. The Morgan fingerprint density at radius 2 is 1.12 bits per heavy atom. The van der Waals surface area contributed by atoms with Crippen LogP contribution in [0.15, 0.2) is 102 Å². The normalized spacial score (nSPS) is 12.0. The molecular formula is C23H20O2S. The molecule has 3 rings (SSSR count). The maximum Gasteiger partial charge on any atom is 0.329 e. The Hall–Kier alpha value is -2.78. The minimum Gasteiger partial charge on any atom is -0.478 e. The van der Waals surface area contributed by atoms with Crippen molar-refractivity contribution in [3.8, 4) is 0 Å². The van der Waals surface area contributed by atoms with Gasteiger partial charge in [-0.25, -0.2) is 4.79 Å². The van der Waals surface area contributed by atoms with Gasteiger partial charge in [0.2, 0.25) is 0 Å². The summed E-state index contributed by atoms with van der Waals surface area (Å²) in [6, 6.07) is 30.7. The summed E-state index contributed by atoms with van der Waals surface area (Å²) in [4.78, 5) is 12.0. The number of allylic oxidation sites excluding steroid dienone is 1. The van der Waals surface area contributed by atoms with Gasteiger partial charge in [0.25, 0.3) is 0 Å². The lowest BCUT2D eigenvalue weighted by molar-refractivity contribution is -0.131. The minimum absolute atomic E-state index is 0.528. The number of aliphatic carboxylic acids is 1. The summed E-state index contributed by atoms with van der Waals surface area (Å²) >= 11 is 1.56. The number of hydrogen-bond acceptors (Lipinski definition) is 2. The van der Waals surface area contributed by atoms with Gasteiger partial charge < -0.3 is 5.11 Å². The molecule has 0 aliphatic heterocycles. The highest BCUT2D eigenvalue weighted by Gasteiger charge is 2.37. The Morgan fingerprint density at radius 3 is 1.42 bits per heavy atom. The topological polar surface area (TPSA) is 37.3 Å².